The summed E-state index contributed by atoms with van der Waals surface area (Å²) in [7, 11) is 0. The predicted octanol–water partition coefficient (Wildman–Crippen LogP) is 2.57. The van der Waals surface area contributed by atoms with Crippen LogP contribution in [0, 0.1) is 5.92 Å². The first-order chi connectivity index (χ1) is 12.7. The highest BCUT2D eigenvalue weighted by Gasteiger charge is 2.30. The van der Waals surface area contributed by atoms with E-state index in [9.17, 15) is 9.59 Å². The van der Waals surface area contributed by atoms with Gasteiger partial charge in [0.05, 0.1) is 17.9 Å². The van der Waals surface area contributed by atoms with Crippen LogP contribution >= 0.6 is 0 Å². The number of nitrogens with one attached hydrogen (secondary N) is 2. The summed E-state index contributed by atoms with van der Waals surface area (Å²) in [5.74, 6) is 0.121. The minimum atomic E-state index is -0.0421. The quantitative estimate of drug-likeness (QED) is 0.868. The fraction of sp³-hybridized carbons (Fsp3) is 0.750. The summed E-state index contributed by atoms with van der Waals surface area (Å²) in [6.07, 6.45) is 13.8. The summed E-state index contributed by atoms with van der Waals surface area (Å²) in [5.41, 5.74) is 1.55. The fourth-order valence-corrected chi connectivity index (χ4v) is 4.76. The number of imidazole rings is 1. The highest BCUT2D eigenvalue weighted by atomic mass is 16.2. The van der Waals surface area contributed by atoms with Gasteiger partial charge in [-0.3, -0.25) is 9.59 Å². The van der Waals surface area contributed by atoms with Crippen molar-refractivity contribution >= 4 is 11.8 Å². The smallest absolute Gasteiger partial charge is 0.271 e. The van der Waals surface area contributed by atoms with Crippen LogP contribution in [-0.2, 0) is 17.8 Å². The van der Waals surface area contributed by atoms with Crippen LogP contribution in [0.3, 0.4) is 0 Å². The highest BCUT2D eigenvalue weighted by Crippen LogP contribution is 2.25. The number of carbonyl (C=O) groups excluding carboxylic acids is 2. The molecule has 0 spiro atoms. The molecule has 2 aliphatic carbocycles. The molecule has 26 heavy (non-hydrogen) atoms. The maximum absolute atomic E-state index is 12.6. The lowest BCUT2D eigenvalue weighted by Crippen LogP contribution is -2.41. The van der Waals surface area contributed by atoms with Crippen LogP contribution in [0.1, 0.15) is 80.4 Å². The molecule has 6 nitrogen and oxygen atoms in total. The molecule has 2 N–H and O–H groups in total. The molecule has 142 valence electrons. The second kappa shape index (κ2) is 7.80. The Labute approximate surface area is 155 Å². The Bertz CT molecular complexity index is 657. The standard InChI is InChI=1S/C20H30N4O2/c25-19(22-15-8-4-5-9-15)14-10-11-17-18(21-13-24(17)12-14)20(26)23-16-6-2-1-3-7-16/h13-16H,1-12H2,(H,22,25)(H,23,26). The molecule has 1 aromatic heterocycles. The topological polar surface area (TPSA) is 76.0 Å². The fourth-order valence-electron chi connectivity index (χ4n) is 4.76. The minimum Gasteiger partial charge on any atom is -0.353 e. The summed E-state index contributed by atoms with van der Waals surface area (Å²) in [6, 6.07) is 0.658. The third-order valence-electron chi connectivity index (χ3n) is 6.32. The Morgan fingerprint density at radius 1 is 0.923 bits per heavy atom. The first-order valence-electron chi connectivity index (χ1n) is 10.4. The lowest BCUT2D eigenvalue weighted by atomic mass is 9.94. The van der Waals surface area contributed by atoms with E-state index in [0.717, 1.165) is 44.2 Å². The average molecular weight is 358 g/mol. The van der Waals surface area contributed by atoms with E-state index in [-0.39, 0.29) is 17.7 Å². The molecule has 6 heteroatoms. The monoisotopic (exact) mass is 358 g/mol. The van der Waals surface area contributed by atoms with Crippen LogP contribution in [0.15, 0.2) is 6.33 Å². The van der Waals surface area contributed by atoms with E-state index in [4.69, 9.17) is 0 Å². The van der Waals surface area contributed by atoms with E-state index < -0.39 is 0 Å². The van der Waals surface area contributed by atoms with Crippen LogP contribution in [0.5, 0.6) is 0 Å². The van der Waals surface area contributed by atoms with E-state index in [1.165, 1.54) is 32.1 Å². The van der Waals surface area contributed by atoms with Crippen molar-refractivity contribution in [2.45, 2.75) is 89.3 Å². The molecule has 1 aromatic rings. The number of rotatable bonds is 4. The second-order valence-electron chi connectivity index (χ2n) is 8.23. The van der Waals surface area contributed by atoms with Crippen LogP contribution in [-0.4, -0.2) is 33.4 Å². The van der Waals surface area contributed by atoms with Crippen LogP contribution in [0.4, 0.5) is 0 Å². The predicted molar refractivity (Wildman–Crippen MR) is 98.8 cm³/mol. The van der Waals surface area contributed by atoms with Crippen molar-refractivity contribution in [1.29, 1.82) is 0 Å². The largest absolute Gasteiger partial charge is 0.353 e. The molecular weight excluding hydrogens is 328 g/mol. The summed E-state index contributed by atoms with van der Waals surface area (Å²) < 4.78 is 2.01. The Morgan fingerprint density at radius 2 is 1.58 bits per heavy atom. The second-order valence-corrected chi connectivity index (χ2v) is 8.23. The maximum atomic E-state index is 12.6. The zero-order valence-electron chi connectivity index (χ0n) is 15.5. The maximum Gasteiger partial charge on any atom is 0.271 e. The van der Waals surface area contributed by atoms with Crippen LogP contribution < -0.4 is 10.6 Å². The molecular formula is C20H30N4O2. The normalized spacial score (nSPS) is 24.2. The van der Waals surface area contributed by atoms with E-state index in [1.807, 2.05) is 4.57 Å². The number of hydrogen-bond donors (Lipinski definition) is 2. The molecule has 0 aromatic carbocycles. The number of amides is 2. The van der Waals surface area contributed by atoms with E-state index in [1.54, 1.807) is 6.33 Å². The van der Waals surface area contributed by atoms with Crippen molar-refractivity contribution in [3.8, 4) is 0 Å². The molecule has 2 heterocycles. The lowest BCUT2D eigenvalue weighted by Gasteiger charge is -2.26. The molecule has 3 aliphatic rings. The zero-order chi connectivity index (χ0) is 17.9. The van der Waals surface area contributed by atoms with E-state index in [2.05, 4.69) is 15.6 Å². The van der Waals surface area contributed by atoms with Gasteiger partial charge in [0.1, 0.15) is 5.69 Å². The summed E-state index contributed by atoms with van der Waals surface area (Å²) in [5, 5.41) is 6.37. The van der Waals surface area contributed by atoms with Crippen molar-refractivity contribution in [3.05, 3.63) is 17.7 Å². The van der Waals surface area contributed by atoms with Crippen molar-refractivity contribution in [3.63, 3.8) is 0 Å². The summed E-state index contributed by atoms with van der Waals surface area (Å²) in [4.78, 5) is 29.5. The molecule has 2 saturated carbocycles. The van der Waals surface area contributed by atoms with Crippen molar-refractivity contribution in [2.24, 2.45) is 5.92 Å². The number of hydrogen-bond acceptors (Lipinski definition) is 3. The van der Waals surface area contributed by atoms with Gasteiger partial charge in [0.2, 0.25) is 5.91 Å². The van der Waals surface area contributed by atoms with Crippen LogP contribution in [0.2, 0.25) is 0 Å². The third kappa shape index (κ3) is 3.79. The Morgan fingerprint density at radius 3 is 2.31 bits per heavy atom. The minimum absolute atomic E-state index is 0.00782. The zero-order valence-corrected chi connectivity index (χ0v) is 15.5. The van der Waals surface area contributed by atoms with Gasteiger partial charge in [-0.1, -0.05) is 32.1 Å². The molecule has 1 aliphatic heterocycles. The summed E-state index contributed by atoms with van der Waals surface area (Å²) in [6.45, 7) is 0.637. The van der Waals surface area contributed by atoms with Crippen molar-refractivity contribution in [2.75, 3.05) is 0 Å². The van der Waals surface area contributed by atoms with Gasteiger partial charge in [0.15, 0.2) is 0 Å². The third-order valence-corrected chi connectivity index (χ3v) is 6.32. The first kappa shape index (κ1) is 17.6. The van der Waals surface area contributed by atoms with E-state index in [0.29, 0.717) is 24.3 Å². The van der Waals surface area contributed by atoms with Gasteiger partial charge in [-0.05, 0) is 38.5 Å². The first-order valence-corrected chi connectivity index (χ1v) is 10.4. The van der Waals surface area contributed by atoms with Gasteiger partial charge in [-0.15, -0.1) is 0 Å². The number of nitrogens with zero attached hydrogens (tertiary/aromatic N) is 2. The molecule has 1 unspecified atom stereocenters. The van der Waals surface area contributed by atoms with E-state index >= 15 is 0 Å². The van der Waals surface area contributed by atoms with Gasteiger partial charge in [0, 0.05) is 18.6 Å². The number of aromatic nitrogens is 2. The SMILES string of the molecule is O=C(NC1CCCCC1)c1ncn2c1CCC(C(=O)NC1CCCC1)C2. The summed E-state index contributed by atoms with van der Waals surface area (Å²) >= 11 is 0. The molecule has 2 fully saturated rings. The number of carbonyl (C=O) groups is 2. The molecule has 0 bridgehead atoms. The highest BCUT2D eigenvalue weighted by molar-refractivity contribution is 5.93. The Kier molecular flexibility index (Phi) is 5.27. The van der Waals surface area contributed by atoms with Gasteiger partial charge in [-0.2, -0.15) is 0 Å². The molecule has 4 rings (SSSR count). The van der Waals surface area contributed by atoms with Gasteiger partial charge in [-0.25, -0.2) is 4.98 Å². The Balaban J connectivity index is 1.36. The van der Waals surface area contributed by atoms with Gasteiger partial charge < -0.3 is 15.2 Å². The van der Waals surface area contributed by atoms with Gasteiger partial charge in [0.25, 0.3) is 5.91 Å². The Hall–Kier alpha value is -1.85. The van der Waals surface area contributed by atoms with Crippen molar-refractivity contribution < 1.29 is 9.59 Å². The van der Waals surface area contributed by atoms with Crippen molar-refractivity contribution in [1.82, 2.24) is 20.2 Å². The molecule has 2 amide bonds. The van der Waals surface area contributed by atoms with Crippen LogP contribution in [0.25, 0.3) is 0 Å². The lowest BCUT2D eigenvalue weighted by molar-refractivity contribution is -0.126. The number of fused-ring (bicyclic) bond motifs is 1. The average Bonchev–Trinajstić information content (AvgIpc) is 3.31. The molecule has 0 saturated heterocycles. The molecule has 0 radical (unpaired) electrons. The van der Waals surface area contributed by atoms with Gasteiger partial charge >= 0.3 is 0 Å². The molecule has 1 atom stereocenters.